The number of rotatable bonds is 8. The standard InChI is InChI=1S/C22H36N4O2.HI/c1-3-13-28-18-20-8-6-5-7-19(20)16-24-22(23-4-2)26-10-9-21(17-26)25-11-14-27-15-12-25;/h5-8,21H,3-4,9-18H2,1-2H3,(H,23,24);1H. The first-order valence-electron chi connectivity index (χ1n) is 10.8. The van der Waals surface area contributed by atoms with Gasteiger partial charge >= 0.3 is 0 Å². The number of guanidine groups is 1. The molecular formula is C22H37IN4O2. The number of nitrogens with one attached hydrogen (secondary N) is 1. The smallest absolute Gasteiger partial charge is 0.194 e. The second-order valence-electron chi connectivity index (χ2n) is 7.53. The summed E-state index contributed by atoms with van der Waals surface area (Å²) < 4.78 is 11.3. The minimum absolute atomic E-state index is 0. The van der Waals surface area contributed by atoms with E-state index in [2.05, 4.69) is 53.2 Å². The Balaban J connectivity index is 0.00000300. The van der Waals surface area contributed by atoms with Crippen LogP contribution in [0.1, 0.15) is 37.8 Å². The summed E-state index contributed by atoms with van der Waals surface area (Å²) in [6.45, 7) is 13.3. The lowest BCUT2D eigenvalue weighted by atomic mass is 10.1. The highest BCUT2D eigenvalue weighted by molar-refractivity contribution is 14.0. The summed E-state index contributed by atoms with van der Waals surface area (Å²) in [5.41, 5.74) is 2.49. The Kier molecular flexibility index (Phi) is 11.3. The van der Waals surface area contributed by atoms with Gasteiger partial charge in [0.2, 0.25) is 0 Å². The van der Waals surface area contributed by atoms with Gasteiger partial charge in [-0.15, -0.1) is 24.0 Å². The van der Waals surface area contributed by atoms with Crippen molar-refractivity contribution in [2.75, 3.05) is 52.5 Å². The predicted molar refractivity (Wildman–Crippen MR) is 129 cm³/mol. The van der Waals surface area contributed by atoms with Crippen molar-refractivity contribution >= 4 is 29.9 Å². The monoisotopic (exact) mass is 516 g/mol. The maximum Gasteiger partial charge on any atom is 0.194 e. The third kappa shape index (κ3) is 7.38. The molecule has 1 N–H and O–H groups in total. The number of benzene rings is 1. The Bertz CT molecular complexity index is 623. The van der Waals surface area contributed by atoms with Crippen LogP contribution in [0.5, 0.6) is 0 Å². The molecule has 0 saturated carbocycles. The van der Waals surface area contributed by atoms with E-state index in [-0.39, 0.29) is 24.0 Å². The lowest BCUT2D eigenvalue weighted by Gasteiger charge is -2.32. The van der Waals surface area contributed by atoms with Gasteiger partial charge in [0, 0.05) is 45.4 Å². The van der Waals surface area contributed by atoms with Crippen molar-refractivity contribution in [3.05, 3.63) is 35.4 Å². The molecule has 2 heterocycles. The molecule has 1 aromatic rings. The average molecular weight is 516 g/mol. The topological polar surface area (TPSA) is 49.3 Å². The summed E-state index contributed by atoms with van der Waals surface area (Å²) in [5.74, 6) is 1.03. The van der Waals surface area contributed by atoms with E-state index in [1.165, 1.54) is 17.5 Å². The lowest BCUT2D eigenvalue weighted by Crippen LogP contribution is -2.46. The van der Waals surface area contributed by atoms with Crippen molar-refractivity contribution in [3.63, 3.8) is 0 Å². The summed E-state index contributed by atoms with van der Waals surface area (Å²) in [6, 6.07) is 9.10. The van der Waals surface area contributed by atoms with Gasteiger partial charge in [-0.2, -0.15) is 0 Å². The molecule has 164 valence electrons. The van der Waals surface area contributed by atoms with Crippen LogP contribution in [0.4, 0.5) is 0 Å². The number of hydrogen-bond acceptors (Lipinski definition) is 4. The SMILES string of the molecule is CCCOCc1ccccc1CN=C(NCC)N1CCC(N2CCOCC2)C1.I. The Hall–Kier alpha value is -0.900. The second kappa shape index (κ2) is 13.4. The number of ether oxygens (including phenoxy) is 2. The van der Waals surface area contributed by atoms with E-state index in [0.29, 0.717) is 19.2 Å². The number of nitrogens with zero attached hydrogens (tertiary/aromatic N) is 3. The zero-order chi connectivity index (χ0) is 19.6. The fourth-order valence-electron chi connectivity index (χ4n) is 3.94. The molecule has 0 bridgehead atoms. The molecule has 3 rings (SSSR count). The molecule has 2 fully saturated rings. The van der Waals surface area contributed by atoms with Gasteiger partial charge in [-0.25, -0.2) is 4.99 Å². The van der Waals surface area contributed by atoms with Gasteiger partial charge < -0.3 is 19.7 Å². The quantitative estimate of drug-likeness (QED) is 0.249. The van der Waals surface area contributed by atoms with Crippen molar-refractivity contribution in [1.82, 2.24) is 15.1 Å². The van der Waals surface area contributed by atoms with Gasteiger partial charge in [-0.3, -0.25) is 4.90 Å². The molecular weight excluding hydrogens is 479 g/mol. The van der Waals surface area contributed by atoms with Crippen molar-refractivity contribution in [2.24, 2.45) is 4.99 Å². The number of aliphatic imine (C=N–C) groups is 1. The van der Waals surface area contributed by atoms with E-state index in [9.17, 15) is 0 Å². The van der Waals surface area contributed by atoms with Crippen LogP contribution in [-0.4, -0.2) is 74.3 Å². The van der Waals surface area contributed by atoms with Crippen LogP contribution in [0.2, 0.25) is 0 Å². The molecule has 0 spiro atoms. The van der Waals surface area contributed by atoms with Crippen LogP contribution in [0.3, 0.4) is 0 Å². The van der Waals surface area contributed by atoms with Crippen molar-refractivity contribution < 1.29 is 9.47 Å². The predicted octanol–water partition coefficient (Wildman–Crippen LogP) is 3.10. The fraction of sp³-hybridized carbons (Fsp3) is 0.682. The third-order valence-electron chi connectivity index (χ3n) is 5.48. The summed E-state index contributed by atoms with van der Waals surface area (Å²) in [6.07, 6.45) is 2.25. The Morgan fingerprint density at radius 1 is 1.17 bits per heavy atom. The van der Waals surface area contributed by atoms with E-state index in [1.807, 2.05) is 0 Å². The first-order valence-corrected chi connectivity index (χ1v) is 10.8. The Morgan fingerprint density at radius 2 is 1.93 bits per heavy atom. The summed E-state index contributed by atoms with van der Waals surface area (Å²) >= 11 is 0. The molecule has 2 aliphatic heterocycles. The first kappa shape index (κ1) is 24.4. The molecule has 0 aromatic heterocycles. The fourth-order valence-corrected chi connectivity index (χ4v) is 3.94. The van der Waals surface area contributed by atoms with E-state index in [4.69, 9.17) is 14.5 Å². The maximum absolute atomic E-state index is 5.75. The zero-order valence-electron chi connectivity index (χ0n) is 17.9. The summed E-state index contributed by atoms with van der Waals surface area (Å²) in [5, 5.41) is 3.49. The maximum atomic E-state index is 5.75. The number of morpholine rings is 1. The highest BCUT2D eigenvalue weighted by Gasteiger charge is 2.30. The van der Waals surface area contributed by atoms with Crippen LogP contribution in [0.25, 0.3) is 0 Å². The minimum Gasteiger partial charge on any atom is -0.379 e. The summed E-state index contributed by atoms with van der Waals surface area (Å²) in [4.78, 5) is 9.96. The van der Waals surface area contributed by atoms with Crippen molar-refractivity contribution in [1.29, 1.82) is 0 Å². The van der Waals surface area contributed by atoms with E-state index >= 15 is 0 Å². The van der Waals surface area contributed by atoms with Crippen molar-refractivity contribution in [3.8, 4) is 0 Å². The normalized spacial score (nSPS) is 20.6. The lowest BCUT2D eigenvalue weighted by molar-refractivity contribution is 0.0195. The highest BCUT2D eigenvalue weighted by Crippen LogP contribution is 2.18. The zero-order valence-corrected chi connectivity index (χ0v) is 20.3. The third-order valence-corrected chi connectivity index (χ3v) is 5.48. The number of halogens is 1. The van der Waals surface area contributed by atoms with Gasteiger partial charge in [-0.1, -0.05) is 31.2 Å². The average Bonchev–Trinajstić information content (AvgIpc) is 3.23. The van der Waals surface area contributed by atoms with Crippen LogP contribution in [0.15, 0.2) is 29.3 Å². The van der Waals surface area contributed by atoms with E-state index < -0.39 is 0 Å². The molecule has 2 saturated heterocycles. The van der Waals surface area contributed by atoms with Crippen LogP contribution >= 0.6 is 24.0 Å². The minimum atomic E-state index is 0. The van der Waals surface area contributed by atoms with Gasteiger partial charge in [0.1, 0.15) is 0 Å². The number of hydrogen-bond donors (Lipinski definition) is 1. The molecule has 6 nitrogen and oxygen atoms in total. The summed E-state index contributed by atoms with van der Waals surface area (Å²) in [7, 11) is 0. The molecule has 1 unspecified atom stereocenters. The van der Waals surface area contributed by atoms with Gasteiger partial charge in [0.25, 0.3) is 0 Å². The second-order valence-corrected chi connectivity index (χ2v) is 7.53. The van der Waals surface area contributed by atoms with Gasteiger partial charge in [0.05, 0.1) is 26.4 Å². The van der Waals surface area contributed by atoms with Crippen LogP contribution in [-0.2, 0) is 22.6 Å². The van der Waals surface area contributed by atoms with Crippen LogP contribution < -0.4 is 5.32 Å². The largest absolute Gasteiger partial charge is 0.379 e. The Labute approximate surface area is 193 Å². The molecule has 0 aliphatic carbocycles. The molecule has 7 heteroatoms. The van der Waals surface area contributed by atoms with Crippen molar-refractivity contribution in [2.45, 2.75) is 45.9 Å². The molecule has 2 aliphatic rings. The van der Waals surface area contributed by atoms with Gasteiger partial charge in [0.15, 0.2) is 5.96 Å². The molecule has 1 aromatic carbocycles. The highest BCUT2D eigenvalue weighted by atomic mass is 127. The molecule has 0 radical (unpaired) electrons. The molecule has 1 atom stereocenters. The first-order chi connectivity index (χ1) is 13.8. The number of likely N-dealkylation sites (tertiary alicyclic amines) is 1. The van der Waals surface area contributed by atoms with Gasteiger partial charge in [-0.05, 0) is 30.9 Å². The van der Waals surface area contributed by atoms with E-state index in [0.717, 1.165) is 64.9 Å². The van der Waals surface area contributed by atoms with Crippen LogP contribution in [0, 0.1) is 0 Å². The van der Waals surface area contributed by atoms with E-state index in [1.54, 1.807) is 0 Å². The Morgan fingerprint density at radius 3 is 2.66 bits per heavy atom. The molecule has 29 heavy (non-hydrogen) atoms. The molecule has 0 amide bonds.